The molecule has 3 aromatic rings. The predicted molar refractivity (Wildman–Crippen MR) is 109 cm³/mol. The van der Waals surface area contributed by atoms with E-state index < -0.39 is 0 Å². The van der Waals surface area contributed by atoms with Crippen molar-refractivity contribution in [1.82, 2.24) is 29.5 Å². The van der Waals surface area contributed by atoms with E-state index in [2.05, 4.69) is 30.2 Å². The number of aromatic nitrogens is 4. The van der Waals surface area contributed by atoms with Crippen LogP contribution in [0.3, 0.4) is 0 Å². The first-order valence-electron chi connectivity index (χ1n) is 9.66. The van der Waals surface area contributed by atoms with Gasteiger partial charge in [0.2, 0.25) is 5.91 Å². The third-order valence-corrected chi connectivity index (χ3v) is 5.10. The molecule has 0 spiro atoms. The molecule has 3 aromatic heterocycles. The fourth-order valence-electron chi connectivity index (χ4n) is 3.49. The minimum Gasteiger partial charge on any atom is -0.310 e. The van der Waals surface area contributed by atoms with Gasteiger partial charge in [-0.1, -0.05) is 0 Å². The molecule has 0 aliphatic carbocycles. The van der Waals surface area contributed by atoms with Crippen LogP contribution in [0.2, 0.25) is 0 Å². The molecule has 1 aliphatic rings. The number of pyridine rings is 2. The second-order valence-electron chi connectivity index (χ2n) is 7.24. The van der Waals surface area contributed by atoms with E-state index in [1.54, 1.807) is 23.3 Å². The van der Waals surface area contributed by atoms with Crippen LogP contribution in [0.1, 0.15) is 0 Å². The van der Waals surface area contributed by atoms with Crippen LogP contribution in [0.15, 0.2) is 36.9 Å². The number of carbonyl (C=O) groups is 1. The number of aryl methyl sites for hydroxylation is 1. The lowest BCUT2D eigenvalue weighted by molar-refractivity contribution is -0.117. The van der Waals surface area contributed by atoms with E-state index >= 15 is 0 Å². The zero-order valence-electron chi connectivity index (χ0n) is 16.4. The van der Waals surface area contributed by atoms with Gasteiger partial charge < -0.3 is 5.32 Å². The Morgan fingerprint density at radius 3 is 2.55 bits per heavy atom. The van der Waals surface area contributed by atoms with Crippen LogP contribution < -0.4 is 5.32 Å². The number of nitrogens with zero attached hydrogens (tertiary/aromatic N) is 6. The number of carbonyl (C=O) groups excluding carboxylic acids is 1. The minimum atomic E-state index is -0.327. The summed E-state index contributed by atoms with van der Waals surface area (Å²) >= 11 is 0. The van der Waals surface area contributed by atoms with Crippen LogP contribution in [0.25, 0.3) is 22.0 Å². The van der Waals surface area contributed by atoms with E-state index in [-0.39, 0.29) is 12.6 Å². The Hall–Kier alpha value is -2.91. The maximum Gasteiger partial charge on any atom is 0.239 e. The normalized spacial score (nSPS) is 15.7. The lowest BCUT2D eigenvalue weighted by Crippen LogP contribution is -2.49. The average Bonchev–Trinajstić information content (AvgIpc) is 3.15. The molecule has 152 valence electrons. The van der Waals surface area contributed by atoms with Crippen molar-refractivity contribution in [3.63, 3.8) is 0 Å². The van der Waals surface area contributed by atoms with E-state index in [9.17, 15) is 9.18 Å². The monoisotopic (exact) mass is 397 g/mol. The Morgan fingerprint density at radius 2 is 1.83 bits per heavy atom. The fraction of sp³-hybridized carbons (Fsp3) is 0.400. The van der Waals surface area contributed by atoms with Crippen molar-refractivity contribution >= 4 is 22.5 Å². The maximum atomic E-state index is 12.4. The highest BCUT2D eigenvalue weighted by molar-refractivity contribution is 5.94. The van der Waals surface area contributed by atoms with Gasteiger partial charge in [0.1, 0.15) is 12.5 Å². The van der Waals surface area contributed by atoms with Crippen molar-refractivity contribution in [3.05, 3.63) is 36.9 Å². The molecule has 0 bridgehead atoms. The minimum absolute atomic E-state index is 0.0997. The van der Waals surface area contributed by atoms with Gasteiger partial charge >= 0.3 is 0 Å². The Balaban J connectivity index is 1.40. The molecule has 0 aromatic carbocycles. The molecule has 0 saturated carbocycles. The average molecular weight is 397 g/mol. The molecule has 1 amide bonds. The Kier molecular flexibility index (Phi) is 5.77. The standard InChI is InChI=1S/C20H24FN7O/c1-26-13-17(12-24-26)18-8-15-9-19(23-11-16(15)10-22-18)25-20(29)14-28-6-4-27(3-2-21)5-7-28/h8-13H,2-7,14H2,1H3,(H,23,25,29). The van der Waals surface area contributed by atoms with Gasteiger partial charge in [0, 0.05) is 69.3 Å². The fourth-order valence-corrected chi connectivity index (χ4v) is 3.49. The van der Waals surface area contributed by atoms with Gasteiger partial charge in [-0.05, 0) is 17.5 Å². The number of anilines is 1. The van der Waals surface area contributed by atoms with Gasteiger partial charge in [-0.15, -0.1) is 0 Å². The first kappa shape index (κ1) is 19.4. The van der Waals surface area contributed by atoms with Gasteiger partial charge in [-0.25, -0.2) is 9.37 Å². The van der Waals surface area contributed by atoms with Gasteiger partial charge in [0.25, 0.3) is 0 Å². The molecule has 8 nitrogen and oxygen atoms in total. The van der Waals surface area contributed by atoms with E-state index in [1.165, 1.54) is 0 Å². The summed E-state index contributed by atoms with van der Waals surface area (Å²) in [6.45, 7) is 3.55. The zero-order valence-corrected chi connectivity index (χ0v) is 16.4. The maximum absolute atomic E-state index is 12.4. The number of hydrogen-bond acceptors (Lipinski definition) is 6. The molecule has 1 N–H and O–H groups in total. The molecular weight excluding hydrogens is 373 g/mol. The third-order valence-electron chi connectivity index (χ3n) is 5.10. The van der Waals surface area contributed by atoms with Crippen molar-refractivity contribution in [3.8, 4) is 11.3 Å². The van der Waals surface area contributed by atoms with E-state index in [1.807, 2.05) is 25.4 Å². The molecule has 0 unspecified atom stereocenters. The Labute approximate surface area is 168 Å². The first-order valence-corrected chi connectivity index (χ1v) is 9.66. The van der Waals surface area contributed by atoms with Crippen LogP contribution in [-0.2, 0) is 11.8 Å². The molecule has 1 fully saturated rings. The van der Waals surface area contributed by atoms with E-state index in [0.717, 1.165) is 48.2 Å². The molecule has 0 radical (unpaired) electrons. The summed E-state index contributed by atoms with van der Waals surface area (Å²) in [5.41, 5.74) is 1.75. The highest BCUT2D eigenvalue weighted by atomic mass is 19.1. The van der Waals surface area contributed by atoms with Crippen molar-refractivity contribution < 1.29 is 9.18 Å². The number of fused-ring (bicyclic) bond motifs is 1. The summed E-state index contributed by atoms with van der Waals surface area (Å²) in [6.07, 6.45) is 7.16. The highest BCUT2D eigenvalue weighted by Gasteiger charge is 2.18. The van der Waals surface area contributed by atoms with E-state index in [0.29, 0.717) is 18.9 Å². The summed E-state index contributed by atoms with van der Waals surface area (Å²) in [6, 6.07) is 3.82. The number of rotatable bonds is 6. The van der Waals surface area contributed by atoms with Crippen LogP contribution in [-0.4, -0.2) is 81.4 Å². The summed E-state index contributed by atoms with van der Waals surface area (Å²) in [7, 11) is 1.86. The SMILES string of the molecule is Cn1cc(-c2cc3cc(NC(=O)CN4CCN(CCF)CC4)ncc3cn2)cn1. The second kappa shape index (κ2) is 8.62. The molecule has 1 aliphatic heterocycles. The van der Waals surface area contributed by atoms with Gasteiger partial charge in [-0.2, -0.15) is 5.10 Å². The van der Waals surface area contributed by atoms with Crippen LogP contribution in [0, 0.1) is 0 Å². The molecular formula is C20H24FN7O. The predicted octanol–water partition coefficient (Wildman–Crippen LogP) is 1.56. The third kappa shape index (κ3) is 4.75. The lowest BCUT2D eigenvalue weighted by Gasteiger charge is -2.33. The number of nitrogens with one attached hydrogen (secondary N) is 1. The molecule has 9 heteroatoms. The Morgan fingerprint density at radius 1 is 1.07 bits per heavy atom. The zero-order chi connectivity index (χ0) is 20.2. The Bertz CT molecular complexity index is 997. The molecule has 4 rings (SSSR count). The lowest BCUT2D eigenvalue weighted by atomic mass is 10.1. The number of hydrogen-bond donors (Lipinski definition) is 1. The van der Waals surface area contributed by atoms with Crippen molar-refractivity contribution in [2.24, 2.45) is 7.05 Å². The topological polar surface area (TPSA) is 79.2 Å². The largest absolute Gasteiger partial charge is 0.310 e. The molecule has 0 atom stereocenters. The quantitative estimate of drug-likeness (QED) is 0.680. The summed E-state index contributed by atoms with van der Waals surface area (Å²) < 4.78 is 14.2. The summed E-state index contributed by atoms with van der Waals surface area (Å²) in [5, 5.41) is 8.91. The van der Waals surface area contributed by atoms with Crippen molar-refractivity contribution in [2.75, 3.05) is 51.3 Å². The highest BCUT2D eigenvalue weighted by Crippen LogP contribution is 2.22. The van der Waals surface area contributed by atoms with Gasteiger partial charge in [0.15, 0.2) is 0 Å². The molecule has 4 heterocycles. The van der Waals surface area contributed by atoms with Crippen molar-refractivity contribution in [2.45, 2.75) is 0 Å². The van der Waals surface area contributed by atoms with Crippen LogP contribution in [0.5, 0.6) is 0 Å². The van der Waals surface area contributed by atoms with Gasteiger partial charge in [0.05, 0.1) is 18.4 Å². The molecule has 1 saturated heterocycles. The van der Waals surface area contributed by atoms with Gasteiger partial charge in [-0.3, -0.25) is 24.3 Å². The van der Waals surface area contributed by atoms with E-state index in [4.69, 9.17) is 0 Å². The number of alkyl halides is 1. The summed E-state index contributed by atoms with van der Waals surface area (Å²) in [4.78, 5) is 25.4. The summed E-state index contributed by atoms with van der Waals surface area (Å²) in [5.74, 6) is 0.416. The number of amides is 1. The first-order chi connectivity index (χ1) is 14.1. The second-order valence-corrected chi connectivity index (χ2v) is 7.24. The van der Waals surface area contributed by atoms with Crippen molar-refractivity contribution in [1.29, 1.82) is 0 Å². The smallest absolute Gasteiger partial charge is 0.239 e. The van der Waals surface area contributed by atoms with Crippen LogP contribution in [0.4, 0.5) is 10.2 Å². The van der Waals surface area contributed by atoms with Crippen LogP contribution >= 0.6 is 0 Å². The number of halogens is 1. The number of piperazine rings is 1. The molecule has 29 heavy (non-hydrogen) atoms.